The molecule has 0 aliphatic heterocycles. The van der Waals surface area contributed by atoms with Crippen molar-refractivity contribution < 1.29 is 42.6 Å². The van der Waals surface area contributed by atoms with Gasteiger partial charge in [0.05, 0.1) is 13.2 Å². The van der Waals surface area contributed by atoms with Gasteiger partial charge >= 0.3 is 24.1 Å². The number of alkyl halides is 1. The minimum atomic E-state index is -1.70. The maximum Gasteiger partial charge on any atom is 0.373 e. The summed E-state index contributed by atoms with van der Waals surface area (Å²) in [5, 5.41) is 0. The van der Waals surface area contributed by atoms with Crippen LogP contribution in [0.15, 0.2) is 12.3 Å². The molecule has 0 aromatic carbocycles. The summed E-state index contributed by atoms with van der Waals surface area (Å²) >= 11 is 0. The molecule has 0 spiro atoms. The van der Waals surface area contributed by atoms with E-state index in [1.165, 1.54) is 6.92 Å². The maximum atomic E-state index is 13.7. The molecule has 2 atom stereocenters. The SMILES string of the molecule is C=C(OC(C)=O)C(=O)OCC.CCOC(=O)C1(F)CC1(C)CC.O=C=O. The van der Waals surface area contributed by atoms with Crippen molar-refractivity contribution in [1.82, 2.24) is 0 Å². The quantitative estimate of drug-likeness (QED) is 0.300. The van der Waals surface area contributed by atoms with E-state index in [0.29, 0.717) is 12.8 Å². The molecule has 0 aromatic heterocycles. The highest BCUT2D eigenvalue weighted by atomic mass is 19.1. The second-order valence-corrected chi connectivity index (χ2v) is 5.43. The van der Waals surface area contributed by atoms with Gasteiger partial charge < -0.3 is 14.2 Å². The normalized spacial score (nSPS) is 22.1. The molecule has 0 heterocycles. The molecule has 0 bridgehead atoms. The average molecular weight is 376 g/mol. The summed E-state index contributed by atoms with van der Waals surface area (Å²) in [6, 6.07) is 0. The predicted octanol–water partition coefficient (Wildman–Crippen LogP) is 2.12. The fourth-order valence-corrected chi connectivity index (χ4v) is 1.89. The highest BCUT2D eigenvalue weighted by Crippen LogP contribution is 2.61. The molecule has 1 rings (SSSR count). The van der Waals surface area contributed by atoms with E-state index < -0.39 is 29.0 Å². The van der Waals surface area contributed by atoms with Gasteiger partial charge in [-0.05, 0) is 26.8 Å². The monoisotopic (exact) mass is 376 g/mol. The van der Waals surface area contributed by atoms with Crippen LogP contribution in [0.1, 0.15) is 47.5 Å². The third-order valence-electron chi connectivity index (χ3n) is 3.61. The zero-order valence-corrected chi connectivity index (χ0v) is 15.7. The fraction of sp³-hybridized carbons (Fsp3) is 0.647. The van der Waals surface area contributed by atoms with Crippen LogP contribution in [0, 0.1) is 5.41 Å². The number of carbonyl (C=O) groups is 3. The van der Waals surface area contributed by atoms with E-state index in [2.05, 4.69) is 20.8 Å². The highest BCUT2D eigenvalue weighted by molar-refractivity contribution is 5.88. The minimum absolute atomic E-state index is 0.235. The smallest absolute Gasteiger partial charge is 0.373 e. The number of esters is 3. The van der Waals surface area contributed by atoms with Crippen LogP contribution in [0.3, 0.4) is 0 Å². The largest absolute Gasteiger partial charge is 0.464 e. The molecule has 1 fully saturated rings. The predicted molar refractivity (Wildman–Crippen MR) is 86.0 cm³/mol. The Morgan fingerprint density at radius 2 is 1.58 bits per heavy atom. The molecule has 0 aromatic rings. The van der Waals surface area contributed by atoms with Crippen LogP contribution in [0.5, 0.6) is 0 Å². The van der Waals surface area contributed by atoms with Crippen LogP contribution in [0.2, 0.25) is 0 Å². The first kappa shape index (κ1) is 25.7. The first-order valence-corrected chi connectivity index (χ1v) is 7.89. The molecule has 8 nitrogen and oxygen atoms in total. The van der Waals surface area contributed by atoms with Crippen LogP contribution >= 0.6 is 0 Å². The Morgan fingerprint density at radius 1 is 1.12 bits per heavy atom. The molecule has 2 unspecified atom stereocenters. The minimum Gasteiger partial charge on any atom is -0.464 e. The lowest BCUT2D eigenvalue weighted by Crippen LogP contribution is -2.26. The summed E-state index contributed by atoms with van der Waals surface area (Å²) in [6.45, 7) is 11.9. The third kappa shape index (κ3) is 8.02. The maximum absolute atomic E-state index is 13.7. The van der Waals surface area contributed by atoms with Gasteiger partial charge in [-0.15, -0.1) is 0 Å². The van der Waals surface area contributed by atoms with E-state index >= 15 is 0 Å². The van der Waals surface area contributed by atoms with Gasteiger partial charge in [-0.25, -0.2) is 14.0 Å². The van der Waals surface area contributed by atoms with E-state index in [-0.39, 0.29) is 25.1 Å². The number of halogens is 1. The first-order valence-electron chi connectivity index (χ1n) is 7.89. The number of ether oxygens (including phenoxy) is 3. The first-order chi connectivity index (χ1) is 12.0. The number of rotatable bonds is 6. The van der Waals surface area contributed by atoms with Crippen molar-refractivity contribution in [2.45, 2.75) is 53.1 Å². The summed E-state index contributed by atoms with van der Waals surface area (Å²) in [7, 11) is 0. The fourth-order valence-electron chi connectivity index (χ4n) is 1.89. The Morgan fingerprint density at radius 3 is 1.88 bits per heavy atom. The lowest BCUT2D eigenvalue weighted by molar-refractivity contribution is -0.191. The summed E-state index contributed by atoms with van der Waals surface area (Å²) in [5.41, 5.74) is -2.17. The van der Waals surface area contributed by atoms with Gasteiger partial charge in [0.25, 0.3) is 0 Å². The van der Waals surface area contributed by atoms with Gasteiger partial charge in [-0.3, -0.25) is 4.79 Å². The van der Waals surface area contributed by atoms with Gasteiger partial charge in [0.2, 0.25) is 11.4 Å². The van der Waals surface area contributed by atoms with Crippen molar-refractivity contribution in [3.63, 3.8) is 0 Å². The van der Waals surface area contributed by atoms with Gasteiger partial charge in [-0.2, -0.15) is 9.59 Å². The molecule has 0 saturated heterocycles. The van der Waals surface area contributed by atoms with Crippen LogP contribution in [0.4, 0.5) is 4.39 Å². The van der Waals surface area contributed by atoms with E-state index in [1.807, 2.05) is 6.92 Å². The topological polar surface area (TPSA) is 113 Å². The molecule has 0 N–H and O–H groups in total. The molecule has 1 saturated carbocycles. The standard InChI is InChI=1S/C9H15FO2.C7H10O4.CO2/c1-4-8(3)6-9(8,10)7(11)12-5-2;1-4-10-7(9)5(2)11-6(3)8;2-1-3/h4-6H2,1-3H3;2,4H2,1,3H3;. The van der Waals surface area contributed by atoms with Crippen LogP contribution in [-0.2, 0) is 38.2 Å². The van der Waals surface area contributed by atoms with Crippen LogP contribution in [-0.4, -0.2) is 42.9 Å². The molecule has 148 valence electrons. The summed E-state index contributed by atoms with van der Waals surface area (Å²) in [5.74, 6) is -2.25. The van der Waals surface area contributed by atoms with Crippen molar-refractivity contribution in [2.24, 2.45) is 5.41 Å². The lowest BCUT2D eigenvalue weighted by Gasteiger charge is -2.11. The lowest BCUT2D eigenvalue weighted by atomic mass is 10.0. The van der Waals surface area contributed by atoms with Gasteiger partial charge in [0.15, 0.2) is 0 Å². The number of hydrogen-bond donors (Lipinski definition) is 0. The Kier molecular flexibility index (Phi) is 11.8. The molecular formula is C17H25FO8. The summed E-state index contributed by atoms with van der Waals surface area (Å²) in [6.07, 6.45) is 1.25. The van der Waals surface area contributed by atoms with Gasteiger partial charge in [-0.1, -0.05) is 13.8 Å². The Labute approximate surface area is 151 Å². The summed E-state index contributed by atoms with van der Waals surface area (Å²) in [4.78, 5) is 48.3. The van der Waals surface area contributed by atoms with Crippen molar-refractivity contribution in [1.29, 1.82) is 0 Å². The Bertz CT molecular complexity index is 553. The zero-order chi connectivity index (χ0) is 21.0. The van der Waals surface area contributed by atoms with Crippen molar-refractivity contribution in [2.75, 3.05) is 13.2 Å². The molecule has 26 heavy (non-hydrogen) atoms. The van der Waals surface area contributed by atoms with E-state index in [1.54, 1.807) is 20.8 Å². The molecule has 9 heteroatoms. The number of hydrogen-bond acceptors (Lipinski definition) is 8. The molecule has 0 radical (unpaired) electrons. The van der Waals surface area contributed by atoms with E-state index in [0.717, 1.165) is 0 Å². The molecule has 1 aliphatic rings. The van der Waals surface area contributed by atoms with Gasteiger partial charge in [0.1, 0.15) is 0 Å². The van der Waals surface area contributed by atoms with E-state index in [4.69, 9.17) is 9.59 Å². The molecular weight excluding hydrogens is 351 g/mol. The number of carbonyl (C=O) groups excluding carboxylic acids is 5. The third-order valence-corrected chi connectivity index (χ3v) is 3.61. The Hall–Kier alpha value is -2.54. The summed E-state index contributed by atoms with van der Waals surface area (Å²) < 4.78 is 27.2. The average Bonchev–Trinajstić information content (AvgIpc) is 3.13. The van der Waals surface area contributed by atoms with Crippen molar-refractivity contribution in [3.05, 3.63) is 12.3 Å². The van der Waals surface area contributed by atoms with Crippen LogP contribution in [0.25, 0.3) is 0 Å². The molecule has 1 aliphatic carbocycles. The van der Waals surface area contributed by atoms with E-state index in [9.17, 15) is 18.8 Å². The second-order valence-electron chi connectivity index (χ2n) is 5.43. The highest BCUT2D eigenvalue weighted by Gasteiger charge is 2.70. The van der Waals surface area contributed by atoms with Gasteiger partial charge in [0, 0.05) is 18.8 Å². The molecule has 0 amide bonds. The second kappa shape index (κ2) is 11.9. The van der Waals surface area contributed by atoms with Crippen molar-refractivity contribution >= 4 is 24.1 Å². The Balaban J connectivity index is 0. The van der Waals surface area contributed by atoms with Crippen molar-refractivity contribution in [3.8, 4) is 0 Å². The zero-order valence-electron chi connectivity index (χ0n) is 15.7. The van der Waals surface area contributed by atoms with Crippen LogP contribution < -0.4 is 0 Å².